The monoisotopic (exact) mass is 272 g/mol. The molecule has 4 heteroatoms. The average molecular weight is 273 g/mol. The summed E-state index contributed by atoms with van der Waals surface area (Å²) in [5.41, 5.74) is 6.17. The number of nitrogens with zero attached hydrogens (tertiary/aromatic N) is 1. The van der Waals surface area contributed by atoms with Gasteiger partial charge in [-0.3, -0.25) is 4.90 Å². The molecule has 0 spiro atoms. The van der Waals surface area contributed by atoms with Crippen LogP contribution < -0.4 is 5.73 Å². The zero-order valence-electron chi connectivity index (χ0n) is 10.5. The van der Waals surface area contributed by atoms with E-state index in [2.05, 4.69) is 24.8 Å². The van der Waals surface area contributed by atoms with Crippen LogP contribution in [-0.2, 0) is 0 Å². The molecule has 1 aromatic rings. The Kier molecular flexibility index (Phi) is 4.47. The Labute approximate surface area is 113 Å². The predicted octanol–water partition coefficient (Wildman–Crippen LogP) is 3.52. The van der Waals surface area contributed by atoms with Gasteiger partial charge in [0.1, 0.15) is 0 Å². The minimum atomic E-state index is 0.153. The van der Waals surface area contributed by atoms with Gasteiger partial charge >= 0.3 is 0 Å². The molecule has 0 aromatic carbocycles. The van der Waals surface area contributed by atoms with Crippen molar-refractivity contribution in [1.29, 1.82) is 0 Å². The van der Waals surface area contributed by atoms with Crippen molar-refractivity contribution in [3.63, 3.8) is 0 Å². The van der Waals surface area contributed by atoms with E-state index in [1.165, 1.54) is 30.8 Å². The summed E-state index contributed by atoms with van der Waals surface area (Å²) in [6.45, 7) is 6.72. The van der Waals surface area contributed by atoms with E-state index in [9.17, 15) is 0 Å². The molecule has 0 bridgehead atoms. The fourth-order valence-corrected chi connectivity index (χ4v) is 4.02. The van der Waals surface area contributed by atoms with Gasteiger partial charge in [-0.15, -0.1) is 11.3 Å². The summed E-state index contributed by atoms with van der Waals surface area (Å²) in [5, 5.41) is 0. The highest BCUT2D eigenvalue weighted by Crippen LogP contribution is 2.35. The summed E-state index contributed by atoms with van der Waals surface area (Å²) < 4.78 is 0.858. The highest BCUT2D eigenvalue weighted by Gasteiger charge is 2.31. The van der Waals surface area contributed by atoms with E-state index in [0.717, 1.165) is 10.3 Å². The second kappa shape index (κ2) is 5.70. The molecule has 2 rings (SSSR count). The highest BCUT2D eigenvalue weighted by molar-refractivity contribution is 7.16. The highest BCUT2D eigenvalue weighted by atomic mass is 35.5. The Bertz CT molecular complexity index is 364. The van der Waals surface area contributed by atoms with E-state index in [1.807, 2.05) is 6.07 Å². The molecule has 1 aliphatic heterocycles. The summed E-state index contributed by atoms with van der Waals surface area (Å²) in [7, 11) is 0. The topological polar surface area (TPSA) is 29.3 Å². The third-order valence-corrected chi connectivity index (χ3v) is 4.97. The first-order chi connectivity index (χ1) is 8.11. The number of halogens is 1. The van der Waals surface area contributed by atoms with E-state index in [1.54, 1.807) is 11.3 Å². The summed E-state index contributed by atoms with van der Waals surface area (Å²) in [4.78, 5) is 3.84. The SMILES string of the molecule is CCC1CCN(C(c2ccc(Cl)s2)C(C)N)C1. The summed E-state index contributed by atoms with van der Waals surface area (Å²) in [5.74, 6) is 0.840. The van der Waals surface area contributed by atoms with Crippen LogP contribution in [0, 0.1) is 5.92 Å². The van der Waals surface area contributed by atoms with Crippen LogP contribution >= 0.6 is 22.9 Å². The van der Waals surface area contributed by atoms with Crippen molar-refractivity contribution in [3.8, 4) is 0 Å². The van der Waals surface area contributed by atoms with Crippen LogP contribution in [0.5, 0.6) is 0 Å². The third kappa shape index (κ3) is 3.02. The van der Waals surface area contributed by atoms with Gasteiger partial charge in [0.2, 0.25) is 0 Å². The van der Waals surface area contributed by atoms with Gasteiger partial charge in [0.25, 0.3) is 0 Å². The van der Waals surface area contributed by atoms with Gasteiger partial charge in [-0.05, 0) is 37.9 Å². The van der Waals surface area contributed by atoms with Crippen LogP contribution in [0.3, 0.4) is 0 Å². The molecule has 2 heterocycles. The van der Waals surface area contributed by atoms with E-state index in [4.69, 9.17) is 17.3 Å². The molecule has 96 valence electrons. The lowest BCUT2D eigenvalue weighted by molar-refractivity contribution is 0.214. The van der Waals surface area contributed by atoms with Gasteiger partial charge in [-0.2, -0.15) is 0 Å². The number of hydrogen-bond acceptors (Lipinski definition) is 3. The van der Waals surface area contributed by atoms with Gasteiger partial charge < -0.3 is 5.73 Å². The van der Waals surface area contributed by atoms with Crippen molar-refractivity contribution in [2.45, 2.75) is 38.8 Å². The zero-order valence-corrected chi connectivity index (χ0v) is 12.1. The van der Waals surface area contributed by atoms with Crippen molar-refractivity contribution in [1.82, 2.24) is 4.90 Å². The number of thiophene rings is 1. The molecular weight excluding hydrogens is 252 g/mol. The Morgan fingerprint density at radius 3 is 2.82 bits per heavy atom. The largest absolute Gasteiger partial charge is 0.326 e. The molecule has 3 atom stereocenters. The maximum Gasteiger partial charge on any atom is 0.0931 e. The maximum absolute atomic E-state index is 6.17. The fraction of sp³-hybridized carbons (Fsp3) is 0.692. The van der Waals surface area contributed by atoms with Crippen LogP contribution in [0.25, 0.3) is 0 Å². The summed E-state index contributed by atoms with van der Waals surface area (Å²) >= 11 is 7.69. The molecule has 2 nitrogen and oxygen atoms in total. The number of hydrogen-bond donors (Lipinski definition) is 1. The molecule has 3 unspecified atom stereocenters. The normalized spacial score (nSPS) is 25.1. The van der Waals surface area contributed by atoms with Crippen LogP contribution in [0.4, 0.5) is 0 Å². The average Bonchev–Trinajstić information content (AvgIpc) is 2.88. The molecule has 0 aliphatic carbocycles. The Morgan fingerprint density at radius 2 is 2.35 bits per heavy atom. The second-order valence-electron chi connectivity index (χ2n) is 5.00. The van der Waals surface area contributed by atoms with E-state index in [0.29, 0.717) is 6.04 Å². The molecule has 1 aliphatic rings. The third-order valence-electron chi connectivity index (χ3n) is 3.67. The van der Waals surface area contributed by atoms with E-state index >= 15 is 0 Å². The number of rotatable bonds is 4. The van der Waals surface area contributed by atoms with Crippen molar-refractivity contribution < 1.29 is 0 Å². The van der Waals surface area contributed by atoms with Gasteiger partial charge in [0.05, 0.1) is 10.4 Å². The summed E-state index contributed by atoms with van der Waals surface area (Å²) in [6.07, 6.45) is 2.58. The predicted molar refractivity (Wildman–Crippen MR) is 75.7 cm³/mol. The Hall–Kier alpha value is -0.0900. The van der Waals surface area contributed by atoms with Crippen LogP contribution in [0.2, 0.25) is 4.34 Å². The van der Waals surface area contributed by atoms with Gasteiger partial charge in [0, 0.05) is 17.5 Å². The van der Waals surface area contributed by atoms with Crippen molar-refractivity contribution in [2.75, 3.05) is 13.1 Å². The van der Waals surface area contributed by atoms with Crippen molar-refractivity contribution in [2.24, 2.45) is 11.7 Å². The Balaban J connectivity index is 2.13. The lowest BCUT2D eigenvalue weighted by Crippen LogP contribution is -2.37. The number of nitrogens with two attached hydrogens (primary N) is 1. The molecule has 0 amide bonds. The second-order valence-corrected chi connectivity index (χ2v) is 6.75. The first kappa shape index (κ1) is 13.3. The molecular formula is C13H21ClN2S. The minimum Gasteiger partial charge on any atom is -0.326 e. The molecule has 1 aromatic heterocycles. The standard InChI is InChI=1S/C13H21ClN2S/c1-3-10-6-7-16(8-10)13(9(2)15)11-4-5-12(14)17-11/h4-5,9-10,13H,3,6-8,15H2,1-2H3. The lowest BCUT2D eigenvalue weighted by Gasteiger charge is -2.30. The lowest BCUT2D eigenvalue weighted by atomic mass is 10.1. The van der Waals surface area contributed by atoms with Crippen molar-refractivity contribution in [3.05, 3.63) is 21.3 Å². The molecule has 0 saturated carbocycles. The molecule has 0 radical (unpaired) electrons. The van der Waals surface area contributed by atoms with Gasteiger partial charge in [-0.1, -0.05) is 24.9 Å². The fourth-order valence-electron chi connectivity index (χ4n) is 2.71. The van der Waals surface area contributed by atoms with Gasteiger partial charge in [-0.25, -0.2) is 0 Å². The minimum absolute atomic E-state index is 0.153. The van der Waals surface area contributed by atoms with Crippen LogP contribution in [0.1, 0.15) is 37.6 Å². The van der Waals surface area contributed by atoms with E-state index < -0.39 is 0 Å². The van der Waals surface area contributed by atoms with Crippen LogP contribution in [0.15, 0.2) is 12.1 Å². The quantitative estimate of drug-likeness (QED) is 0.909. The Morgan fingerprint density at radius 1 is 1.59 bits per heavy atom. The zero-order chi connectivity index (χ0) is 12.4. The smallest absolute Gasteiger partial charge is 0.0931 e. The number of likely N-dealkylation sites (tertiary alicyclic amines) is 1. The van der Waals surface area contributed by atoms with E-state index in [-0.39, 0.29) is 6.04 Å². The summed E-state index contributed by atoms with van der Waals surface area (Å²) in [6, 6.07) is 4.59. The first-order valence-corrected chi connectivity index (χ1v) is 7.56. The molecule has 2 N–H and O–H groups in total. The molecule has 1 saturated heterocycles. The molecule has 1 fully saturated rings. The van der Waals surface area contributed by atoms with Crippen molar-refractivity contribution >= 4 is 22.9 Å². The van der Waals surface area contributed by atoms with Gasteiger partial charge in [0.15, 0.2) is 0 Å². The first-order valence-electron chi connectivity index (χ1n) is 6.36. The maximum atomic E-state index is 6.17. The van der Waals surface area contributed by atoms with Crippen LogP contribution in [-0.4, -0.2) is 24.0 Å². The molecule has 17 heavy (non-hydrogen) atoms.